The fraction of sp³-hybridized carbons (Fsp3) is 0.263. The van der Waals surface area contributed by atoms with Gasteiger partial charge in [0.15, 0.2) is 5.78 Å². The van der Waals surface area contributed by atoms with Crippen LogP contribution in [0.25, 0.3) is 0 Å². The number of hydrogen-bond donors (Lipinski definition) is 1. The van der Waals surface area contributed by atoms with Crippen LogP contribution in [-0.2, 0) is 4.79 Å². The fourth-order valence-electron chi connectivity index (χ4n) is 2.23. The largest absolute Gasteiger partial charge is 0.326 e. The minimum absolute atomic E-state index is 0.0222. The Hall–Kier alpha value is -2.13. The molecule has 0 aliphatic carbocycles. The lowest BCUT2D eigenvalue weighted by molar-refractivity contribution is -0.116. The van der Waals surface area contributed by atoms with E-state index in [9.17, 15) is 9.59 Å². The van der Waals surface area contributed by atoms with Crippen molar-refractivity contribution in [3.05, 3.63) is 63.7 Å². The number of carbonyl (C=O) groups is 2. The Balaban J connectivity index is 1.94. The summed E-state index contributed by atoms with van der Waals surface area (Å²) in [6.07, 6.45) is 0.339. The van der Waals surface area contributed by atoms with Gasteiger partial charge in [0.2, 0.25) is 5.91 Å². The van der Waals surface area contributed by atoms with Gasteiger partial charge in [-0.3, -0.25) is 9.59 Å². The van der Waals surface area contributed by atoms with Crippen LogP contribution in [0.1, 0.15) is 39.9 Å². The summed E-state index contributed by atoms with van der Waals surface area (Å²) in [5.74, 6) is -0.210. The van der Waals surface area contributed by atoms with Gasteiger partial charge in [0.05, 0.1) is 0 Å². The molecular formula is C19H20ClNO2. The Labute approximate surface area is 141 Å². The van der Waals surface area contributed by atoms with Crippen LogP contribution >= 0.6 is 11.6 Å². The van der Waals surface area contributed by atoms with Gasteiger partial charge in [0, 0.05) is 29.1 Å². The first-order valence-electron chi connectivity index (χ1n) is 7.53. The van der Waals surface area contributed by atoms with E-state index in [2.05, 4.69) is 5.32 Å². The number of benzene rings is 2. The van der Waals surface area contributed by atoms with Gasteiger partial charge in [0.25, 0.3) is 0 Å². The normalized spacial score (nSPS) is 10.4. The Morgan fingerprint density at radius 3 is 2.30 bits per heavy atom. The van der Waals surface area contributed by atoms with E-state index in [4.69, 9.17) is 11.6 Å². The van der Waals surface area contributed by atoms with Gasteiger partial charge in [-0.05, 0) is 55.7 Å². The van der Waals surface area contributed by atoms with Gasteiger partial charge in [-0.25, -0.2) is 0 Å². The molecule has 0 aliphatic rings. The van der Waals surface area contributed by atoms with Crippen LogP contribution < -0.4 is 5.32 Å². The first-order chi connectivity index (χ1) is 10.9. The Morgan fingerprint density at radius 2 is 1.61 bits per heavy atom. The summed E-state index contributed by atoms with van der Waals surface area (Å²) in [6, 6.07) is 10.9. The molecule has 0 unspecified atom stereocenters. The van der Waals surface area contributed by atoms with Crippen molar-refractivity contribution in [2.45, 2.75) is 33.6 Å². The molecule has 0 saturated carbocycles. The molecule has 0 heterocycles. The van der Waals surface area contributed by atoms with Crippen LogP contribution in [0.4, 0.5) is 5.69 Å². The number of nitrogens with one attached hydrogen (secondary N) is 1. The molecule has 2 aromatic rings. The molecule has 0 fully saturated rings. The summed E-state index contributed by atoms with van der Waals surface area (Å²) in [7, 11) is 0. The highest BCUT2D eigenvalue weighted by Crippen LogP contribution is 2.20. The predicted molar refractivity (Wildman–Crippen MR) is 94.3 cm³/mol. The van der Waals surface area contributed by atoms with Crippen molar-refractivity contribution < 1.29 is 9.59 Å². The molecule has 2 rings (SSSR count). The van der Waals surface area contributed by atoms with E-state index >= 15 is 0 Å². The molecule has 0 spiro atoms. The van der Waals surface area contributed by atoms with E-state index in [0.29, 0.717) is 16.3 Å². The van der Waals surface area contributed by atoms with Gasteiger partial charge >= 0.3 is 0 Å². The first kappa shape index (κ1) is 17.2. The van der Waals surface area contributed by atoms with Gasteiger partial charge in [-0.1, -0.05) is 29.8 Å². The predicted octanol–water partition coefficient (Wildman–Crippen LogP) is 4.87. The second-order valence-corrected chi connectivity index (χ2v) is 6.17. The number of rotatable bonds is 5. The maximum absolute atomic E-state index is 12.2. The van der Waals surface area contributed by atoms with E-state index in [1.807, 2.05) is 45.0 Å². The highest BCUT2D eigenvalue weighted by Gasteiger charge is 2.11. The zero-order chi connectivity index (χ0) is 17.0. The summed E-state index contributed by atoms with van der Waals surface area (Å²) < 4.78 is 0. The van der Waals surface area contributed by atoms with Crippen LogP contribution in [0.15, 0.2) is 36.4 Å². The molecule has 1 N–H and O–H groups in total. The van der Waals surface area contributed by atoms with Crippen molar-refractivity contribution in [2.24, 2.45) is 0 Å². The van der Waals surface area contributed by atoms with Crippen LogP contribution in [0.3, 0.4) is 0 Å². The molecule has 120 valence electrons. The minimum Gasteiger partial charge on any atom is -0.326 e. The summed E-state index contributed by atoms with van der Waals surface area (Å²) in [5, 5.41) is 3.37. The Bertz CT molecular complexity index is 753. The molecule has 0 atom stereocenters. The monoisotopic (exact) mass is 329 g/mol. The third kappa shape index (κ3) is 4.67. The van der Waals surface area contributed by atoms with Crippen molar-refractivity contribution in [2.75, 3.05) is 5.32 Å². The van der Waals surface area contributed by atoms with Crippen LogP contribution in [0.2, 0.25) is 5.02 Å². The average molecular weight is 330 g/mol. The van der Waals surface area contributed by atoms with Crippen molar-refractivity contribution in [1.29, 1.82) is 0 Å². The van der Waals surface area contributed by atoms with Crippen molar-refractivity contribution in [3.8, 4) is 0 Å². The van der Waals surface area contributed by atoms with Gasteiger partial charge in [-0.15, -0.1) is 0 Å². The molecule has 4 heteroatoms. The lowest BCUT2D eigenvalue weighted by Gasteiger charge is -2.09. The molecule has 2 aromatic carbocycles. The van der Waals surface area contributed by atoms with Crippen molar-refractivity contribution in [3.63, 3.8) is 0 Å². The number of halogens is 1. The van der Waals surface area contributed by atoms with Gasteiger partial charge in [-0.2, -0.15) is 0 Å². The molecular weight excluding hydrogens is 310 g/mol. The molecule has 1 amide bonds. The average Bonchev–Trinajstić information content (AvgIpc) is 2.51. The zero-order valence-corrected chi connectivity index (χ0v) is 14.3. The van der Waals surface area contributed by atoms with Gasteiger partial charge < -0.3 is 5.32 Å². The second kappa shape index (κ2) is 7.42. The second-order valence-electron chi connectivity index (χ2n) is 5.73. The maximum Gasteiger partial charge on any atom is 0.224 e. The standard InChI is InChI=1S/C19H20ClNO2/c1-12-4-6-15(10-14(12)3)18(22)8-9-19(23)21-17-11-16(20)7-5-13(17)2/h4-7,10-11H,8-9H2,1-3H3,(H,21,23). The Kier molecular flexibility index (Phi) is 5.56. The summed E-state index contributed by atoms with van der Waals surface area (Å²) in [5.41, 5.74) is 4.50. The molecule has 0 radical (unpaired) electrons. The van der Waals surface area contributed by atoms with E-state index in [1.165, 1.54) is 0 Å². The lowest BCUT2D eigenvalue weighted by atomic mass is 10.0. The number of amides is 1. The topological polar surface area (TPSA) is 46.2 Å². The Morgan fingerprint density at radius 1 is 0.913 bits per heavy atom. The SMILES string of the molecule is Cc1ccc(C(=O)CCC(=O)Nc2cc(Cl)ccc2C)cc1C. The van der Waals surface area contributed by atoms with E-state index in [1.54, 1.807) is 12.1 Å². The van der Waals surface area contributed by atoms with E-state index < -0.39 is 0 Å². The zero-order valence-electron chi connectivity index (χ0n) is 13.6. The first-order valence-corrected chi connectivity index (χ1v) is 7.91. The smallest absolute Gasteiger partial charge is 0.224 e. The quantitative estimate of drug-likeness (QED) is 0.796. The molecule has 0 saturated heterocycles. The summed E-state index contributed by atoms with van der Waals surface area (Å²) in [6.45, 7) is 5.87. The lowest BCUT2D eigenvalue weighted by Crippen LogP contribution is -2.14. The third-order valence-corrected chi connectivity index (χ3v) is 4.12. The number of carbonyl (C=O) groups excluding carboxylic acids is 2. The van der Waals surface area contributed by atoms with E-state index in [0.717, 1.165) is 16.7 Å². The van der Waals surface area contributed by atoms with Crippen LogP contribution in [0.5, 0.6) is 0 Å². The minimum atomic E-state index is -0.187. The molecule has 23 heavy (non-hydrogen) atoms. The molecule has 0 aromatic heterocycles. The number of anilines is 1. The number of hydrogen-bond acceptors (Lipinski definition) is 2. The van der Waals surface area contributed by atoms with E-state index in [-0.39, 0.29) is 24.5 Å². The summed E-state index contributed by atoms with van der Waals surface area (Å²) >= 11 is 5.93. The molecule has 0 bridgehead atoms. The highest BCUT2D eigenvalue weighted by molar-refractivity contribution is 6.31. The summed E-state index contributed by atoms with van der Waals surface area (Å²) in [4.78, 5) is 24.2. The van der Waals surface area contributed by atoms with Crippen LogP contribution in [-0.4, -0.2) is 11.7 Å². The number of ketones is 1. The molecule has 0 aliphatic heterocycles. The van der Waals surface area contributed by atoms with Crippen molar-refractivity contribution in [1.82, 2.24) is 0 Å². The third-order valence-electron chi connectivity index (χ3n) is 3.88. The van der Waals surface area contributed by atoms with Crippen LogP contribution in [0, 0.1) is 20.8 Å². The number of aryl methyl sites for hydroxylation is 3. The fourth-order valence-corrected chi connectivity index (χ4v) is 2.40. The molecule has 3 nitrogen and oxygen atoms in total. The van der Waals surface area contributed by atoms with Gasteiger partial charge in [0.1, 0.15) is 0 Å². The maximum atomic E-state index is 12.2. The van der Waals surface area contributed by atoms with Crippen molar-refractivity contribution >= 4 is 29.0 Å². The number of Topliss-reactive ketones (excluding diaryl/α,β-unsaturated/α-hetero) is 1. The highest BCUT2D eigenvalue weighted by atomic mass is 35.5.